The van der Waals surface area contributed by atoms with Crippen molar-refractivity contribution in [1.82, 2.24) is 5.32 Å². The fourth-order valence-electron chi connectivity index (χ4n) is 5.01. The van der Waals surface area contributed by atoms with Crippen molar-refractivity contribution in [2.75, 3.05) is 150 Å². The first-order valence-corrected chi connectivity index (χ1v) is 19.3. The van der Waals surface area contributed by atoms with Crippen LogP contribution in [0.2, 0.25) is 0 Å². The van der Waals surface area contributed by atoms with Crippen molar-refractivity contribution < 1.29 is 56.9 Å². The third-order valence-corrected chi connectivity index (χ3v) is 7.87. The van der Waals surface area contributed by atoms with E-state index in [0.717, 1.165) is 11.0 Å². The molecule has 0 saturated carbocycles. The van der Waals surface area contributed by atoms with Crippen molar-refractivity contribution in [3.05, 3.63) is 59.7 Å². The van der Waals surface area contributed by atoms with Gasteiger partial charge in [-0.05, 0) is 22.3 Å². The molecule has 1 aliphatic carbocycles. The summed E-state index contributed by atoms with van der Waals surface area (Å²) in [6.07, 6.45) is -0.450. The molecule has 1 aliphatic rings. The van der Waals surface area contributed by atoms with Gasteiger partial charge in [0.05, 0.1) is 132 Å². The molecule has 0 fully saturated rings. The van der Waals surface area contributed by atoms with Crippen LogP contribution in [0.4, 0.5) is 4.79 Å². The monoisotopic (exact) mass is 833 g/mol. The first-order chi connectivity index (χ1) is 25.3. The minimum absolute atomic E-state index is 0.0389. The second-order valence-corrected chi connectivity index (χ2v) is 12.1. The molecular weight excluding hydrogens is 777 g/mol. The molecule has 2 aromatic rings. The van der Waals surface area contributed by atoms with Gasteiger partial charge in [0.15, 0.2) is 0 Å². The Kier molecular flexibility index (Phi) is 26.0. The maximum Gasteiger partial charge on any atom is 0.407 e. The number of carbonyl (C=O) groups is 1. The smallest absolute Gasteiger partial charge is 0.407 e. The third-order valence-electron chi connectivity index (χ3n) is 7.43. The van der Waals surface area contributed by atoms with E-state index in [4.69, 9.17) is 52.1 Å². The Hall–Kier alpha value is -1.96. The number of amides is 1. The van der Waals surface area contributed by atoms with E-state index in [1.54, 1.807) is 0 Å². The lowest BCUT2D eigenvalue weighted by molar-refractivity contribution is -0.0261. The molecule has 13 nitrogen and oxygen atoms in total. The summed E-state index contributed by atoms with van der Waals surface area (Å²) in [4.78, 5) is 12.2. The number of hydrogen-bond donors (Lipinski definition) is 1. The van der Waals surface area contributed by atoms with Crippen LogP contribution in [0.3, 0.4) is 0 Å². The summed E-state index contributed by atoms with van der Waals surface area (Å²) in [6, 6.07) is 16.5. The Bertz CT molecular complexity index is 1100. The van der Waals surface area contributed by atoms with E-state index >= 15 is 0 Å². The average molecular weight is 834 g/mol. The number of ether oxygens (including phenoxy) is 11. The summed E-state index contributed by atoms with van der Waals surface area (Å²) in [6.45, 7) is 11.0. The third kappa shape index (κ3) is 20.2. The first-order valence-electron chi connectivity index (χ1n) is 17.7. The number of rotatable bonds is 34. The molecular formula is C37H56INO12. The van der Waals surface area contributed by atoms with E-state index in [2.05, 4.69) is 52.2 Å². The molecule has 0 saturated heterocycles. The van der Waals surface area contributed by atoms with Crippen LogP contribution in [0.5, 0.6) is 0 Å². The summed E-state index contributed by atoms with van der Waals surface area (Å²) >= 11 is 2.28. The van der Waals surface area contributed by atoms with Gasteiger partial charge in [-0.2, -0.15) is 0 Å². The zero-order valence-electron chi connectivity index (χ0n) is 29.7. The van der Waals surface area contributed by atoms with Gasteiger partial charge in [0.2, 0.25) is 0 Å². The highest BCUT2D eigenvalue weighted by molar-refractivity contribution is 14.1. The second-order valence-electron chi connectivity index (χ2n) is 11.1. The fourth-order valence-corrected chi connectivity index (χ4v) is 5.32. The summed E-state index contributed by atoms with van der Waals surface area (Å²) in [5.74, 6) is 0.0389. The van der Waals surface area contributed by atoms with Crippen molar-refractivity contribution in [2.24, 2.45) is 0 Å². The minimum Gasteiger partial charge on any atom is -0.449 e. The molecule has 0 bridgehead atoms. The van der Waals surface area contributed by atoms with Gasteiger partial charge in [0, 0.05) is 16.9 Å². The van der Waals surface area contributed by atoms with Crippen molar-refractivity contribution in [1.29, 1.82) is 0 Å². The average Bonchev–Trinajstić information content (AvgIpc) is 3.48. The molecule has 0 aliphatic heterocycles. The first kappa shape index (κ1) is 43.4. The topological polar surface area (TPSA) is 131 Å². The molecule has 0 atom stereocenters. The molecule has 51 heavy (non-hydrogen) atoms. The molecule has 0 spiro atoms. The molecule has 2 aromatic carbocycles. The number of alkyl halides is 1. The quantitative estimate of drug-likeness (QED) is 0.0619. The zero-order chi connectivity index (χ0) is 35.9. The normalized spacial score (nSPS) is 12.3. The number of alkyl carbamates (subject to hydrolysis) is 1. The Labute approximate surface area is 316 Å². The largest absolute Gasteiger partial charge is 0.449 e. The molecule has 0 radical (unpaired) electrons. The molecule has 0 aromatic heterocycles. The van der Waals surface area contributed by atoms with Gasteiger partial charge in [-0.25, -0.2) is 4.79 Å². The highest BCUT2D eigenvalue weighted by Crippen LogP contribution is 2.44. The van der Waals surface area contributed by atoms with Crippen LogP contribution in [0.15, 0.2) is 48.5 Å². The Morgan fingerprint density at radius 2 is 0.784 bits per heavy atom. The van der Waals surface area contributed by atoms with Gasteiger partial charge in [-0.15, -0.1) is 0 Å². The van der Waals surface area contributed by atoms with Gasteiger partial charge in [-0.1, -0.05) is 71.1 Å². The summed E-state index contributed by atoms with van der Waals surface area (Å²) < 4.78 is 61.2. The van der Waals surface area contributed by atoms with Crippen LogP contribution < -0.4 is 5.32 Å². The van der Waals surface area contributed by atoms with Crippen LogP contribution in [0.25, 0.3) is 11.1 Å². The predicted molar refractivity (Wildman–Crippen MR) is 200 cm³/mol. The Morgan fingerprint density at radius 1 is 0.471 bits per heavy atom. The van der Waals surface area contributed by atoms with Gasteiger partial charge >= 0.3 is 6.09 Å². The lowest BCUT2D eigenvalue weighted by Gasteiger charge is -2.14. The number of fused-ring (bicyclic) bond motifs is 3. The molecule has 288 valence electrons. The summed E-state index contributed by atoms with van der Waals surface area (Å²) in [5, 5.41) is 2.74. The molecule has 14 heteroatoms. The lowest BCUT2D eigenvalue weighted by Crippen LogP contribution is -2.29. The number of hydrogen-bond acceptors (Lipinski definition) is 12. The maximum absolute atomic E-state index is 12.2. The van der Waals surface area contributed by atoms with Crippen LogP contribution >= 0.6 is 22.6 Å². The molecule has 0 heterocycles. The maximum atomic E-state index is 12.2. The van der Waals surface area contributed by atoms with Crippen LogP contribution in [0.1, 0.15) is 17.0 Å². The highest BCUT2D eigenvalue weighted by Gasteiger charge is 2.28. The fraction of sp³-hybridized carbons (Fsp3) is 0.649. The number of carbonyl (C=O) groups excluding carboxylic acids is 1. The van der Waals surface area contributed by atoms with Gasteiger partial charge in [-0.3, -0.25) is 0 Å². The minimum atomic E-state index is -0.450. The van der Waals surface area contributed by atoms with Crippen LogP contribution in [-0.2, 0) is 52.1 Å². The van der Waals surface area contributed by atoms with E-state index in [-0.39, 0.29) is 12.5 Å². The van der Waals surface area contributed by atoms with E-state index in [1.807, 2.05) is 24.3 Å². The van der Waals surface area contributed by atoms with Crippen LogP contribution in [0, 0.1) is 0 Å². The Morgan fingerprint density at radius 3 is 1.14 bits per heavy atom. The van der Waals surface area contributed by atoms with Gasteiger partial charge in [0.25, 0.3) is 0 Å². The van der Waals surface area contributed by atoms with E-state index < -0.39 is 6.09 Å². The Balaban J connectivity index is 0.965. The molecule has 1 N–H and O–H groups in total. The van der Waals surface area contributed by atoms with Crippen LogP contribution in [-0.4, -0.2) is 156 Å². The van der Waals surface area contributed by atoms with Crippen molar-refractivity contribution in [3.63, 3.8) is 0 Å². The molecule has 3 rings (SSSR count). The molecule has 1 amide bonds. The number of nitrogens with one attached hydrogen (secondary N) is 1. The number of halogens is 1. The highest BCUT2D eigenvalue weighted by atomic mass is 127. The number of benzene rings is 2. The standard InChI is InChI=1S/C37H56INO12/c38-9-11-41-13-15-43-17-19-45-21-23-47-25-27-49-29-30-50-28-26-48-24-22-46-20-18-44-16-14-42-12-10-39-37(40)51-31-36-34-7-3-1-5-32(34)33-6-2-4-8-35(33)36/h1-8,36H,9-31H2,(H,39,40). The van der Waals surface area contributed by atoms with E-state index in [9.17, 15) is 4.79 Å². The summed E-state index contributed by atoms with van der Waals surface area (Å²) in [5.41, 5.74) is 4.78. The molecule has 0 unspecified atom stereocenters. The summed E-state index contributed by atoms with van der Waals surface area (Å²) in [7, 11) is 0. The van der Waals surface area contributed by atoms with Gasteiger partial charge in [0.1, 0.15) is 6.61 Å². The van der Waals surface area contributed by atoms with Crippen molar-refractivity contribution in [2.45, 2.75) is 5.92 Å². The lowest BCUT2D eigenvalue weighted by atomic mass is 9.98. The second kappa shape index (κ2) is 30.5. The SMILES string of the molecule is O=C(NCCOCCOCCOCCOCCOCCOCCOCCOCCOCCOCCI)OCC1c2ccccc2-c2ccccc21. The van der Waals surface area contributed by atoms with E-state index in [1.165, 1.54) is 22.3 Å². The van der Waals surface area contributed by atoms with Crippen molar-refractivity contribution in [3.8, 4) is 11.1 Å². The van der Waals surface area contributed by atoms with Crippen molar-refractivity contribution >= 4 is 28.7 Å². The zero-order valence-corrected chi connectivity index (χ0v) is 31.9. The van der Waals surface area contributed by atoms with Gasteiger partial charge < -0.3 is 57.4 Å². The van der Waals surface area contributed by atoms with E-state index in [0.29, 0.717) is 132 Å². The predicted octanol–water partition coefficient (Wildman–Crippen LogP) is 4.13.